The van der Waals surface area contributed by atoms with Crippen LogP contribution in [-0.4, -0.2) is 48.2 Å². The minimum Gasteiger partial charge on any atom is -0.389 e. The molecule has 0 aliphatic carbocycles. The molecule has 1 rings (SSSR count). The molecule has 18 heavy (non-hydrogen) atoms. The van der Waals surface area contributed by atoms with E-state index in [0.717, 1.165) is 6.42 Å². The van der Waals surface area contributed by atoms with Crippen molar-refractivity contribution >= 4 is 0 Å². The van der Waals surface area contributed by atoms with Gasteiger partial charge in [-0.1, -0.05) is 45.4 Å². The Balaban J connectivity index is 1.94. The van der Waals surface area contributed by atoms with Crippen LogP contribution >= 0.6 is 0 Å². The largest absolute Gasteiger partial charge is 0.389 e. The van der Waals surface area contributed by atoms with E-state index in [2.05, 4.69) is 12.2 Å². The molecule has 1 aliphatic rings. The second-order valence-electron chi connectivity index (χ2n) is 5.25. The van der Waals surface area contributed by atoms with Crippen LogP contribution in [0.15, 0.2) is 0 Å². The molecule has 0 spiro atoms. The molecular formula is C14H29NO3. The molecule has 1 fully saturated rings. The van der Waals surface area contributed by atoms with E-state index in [1.54, 1.807) is 0 Å². The summed E-state index contributed by atoms with van der Waals surface area (Å²) in [5.74, 6) is 0. The van der Waals surface area contributed by atoms with E-state index < -0.39 is 12.2 Å². The fraction of sp³-hybridized carbons (Fsp3) is 1.00. The zero-order valence-electron chi connectivity index (χ0n) is 11.6. The molecule has 108 valence electrons. The summed E-state index contributed by atoms with van der Waals surface area (Å²) in [5, 5.41) is 22.3. The van der Waals surface area contributed by atoms with E-state index in [4.69, 9.17) is 4.74 Å². The van der Waals surface area contributed by atoms with Crippen molar-refractivity contribution in [3.05, 3.63) is 0 Å². The van der Waals surface area contributed by atoms with E-state index in [-0.39, 0.29) is 6.10 Å². The summed E-state index contributed by atoms with van der Waals surface area (Å²) in [5.41, 5.74) is 0. The SMILES string of the molecule is CCCCCCCCCO[C@H]1CNC[C@@H](O)[C@@H]1O. The molecule has 1 saturated heterocycles. The molecule has 0 unspecified atom stereocenters. The Morgan fingerprint density at radius 3 is 2.39 bits per heavy atom. The van der Waals surface area contributed by atoms with Crippen molar-refractivity contribution in [2.45, 2.75) is 70.2 Å². The number of ether oxygens (including phenoxy) is 1. The number of unbranched alkanes of at least 4 members (excludes halogenated alkanes) is 6. The van der Waals surface area contributed by atoms with Gasteiger partial charge in [-0.3, -0.25) is 0 Å². The van der Waals surface area contributed by atoms with Crippen LogP contribution in [0.25, 0.3) is 0 Å². The maximum atomic E-state index is 9.72. The molecule has 0 aromatic heterocycles. The molecule has 0 amide bonds. The average Bonchev–Trinajstić information content (AvgIpc) is 2.37. The Hall–Kier alpha value is -0.160. The third-order valence-electron chi connectivity index (χ3n) is 3.55. The number of nitrogens with one attached hydrogen (secondary N) is 1. The second-order valence-corrected chi connectivity index (χ2v) is 5.25. The Morgan fingerprint density at radius 2 is 1.67 bits per heavy atom. The summed E-state index contributed by atoms with van der Waals surface area (Å²) < 4.78 is 5.62. The fourth-order valence-corrected chi connectivity index (χ4v) is 2.31. The second kappa shape index (κ2) is 9.73. The molecule has 1 heterocycles. The van der Waals surface area contributed by atoms with Gasteiger partial charge in [-0.25, -0.2) is 0 Å². The Bertz CT molecular complexity index is 201. The number of hydrogen-bond donors (Lipinski definition) is 3. The summed E-state index contributed by atoms with van der Waals surface area (Å²) in [6.07, 6.45) is 7.12. The van der Waals surface area contributed by atoms with Crippen LogP contribution in [0.2, 0.25) is 0 Å². The van der Waals surface area contributed by atoms with Crippen molar-refractivity contribution in [1.29, 1.82) is 0 Å². The summed E-state index contributed by atoms with van der Waals surface area (Å²) in [7, 11) is 0. The van der Waals surface area contributed by atoms with Crippen LogP contribution in [0, 0.1) is 0 Å². The fourth-order valence-electron chi connectivity index (χ4n) is 2.31. The van der Waals surface area contributed by atoms with E-state index in [1.807, 2.05) is 0 Å². The van der Waals surface area contributed by atoms with Crippen molar-refractivity contribution in [2.24, 2.45) is 0 Å². The Labute approximate surface area is 111 Å². The number of rotatable bonds is 9. The zero-order chi connectivity index (χ0) is 13.2. The minimum atomic E-state index is -0.740. The highest BCUT2D eigenvalue weighted by atomic mass is 16.5. The van der Waals surface area contributed by atoms with Crippen LogP contribution in [0.4, 0.5) is 0 Å². The van der Waals surface area contributed by atoms with Gasteiger partial charge in [-0.2, -0.15) is 0 Å². The molecule has 3 N–H and O–H groups in total. The maximum Gasteiger partial charge on any atom is 0.108 e. The highest BCUT2D eigenvalue weighted by Crippen LogP contribution is 2.11. The molecule has 1 aliphatic heterocycles. The monoisotopic (exact) mass is 259 g/mol. The van der Waals surface area contributed by atoms with Gasteiger partial charge in [0.2, 0.25) is 0 Å². The molecule has 0 saturated carbocycles. The predicted octanol–water partition coefficient (Wildman–Crippen LogP) is 1.45. The lowest BCUT2D eigenvalue weighted by atomic mass is 10.0. The maximum absolute atomic E-state index is 9.72. The van der Waals surface area contributed by atoms with Crippen LogP contribution in [0.1, 0.15) is 51.9 Å². The first-order valence-corrected chi connectivity index (χ1v) is 7.44. The van der Waals surface area contributed by atoms with Crippen LogP contribution in [0.3, 0.4) is 0 Å². The molecule has 4 heteroatoms. The third kappa shape index (κ3) is 6.14. The van der Waals surface area contributed by atoms with Gasteiger partial charge in [0.25, 0.3) is 0 Å². The minimum absolute atomic E-state index is 0.256. The average molecular weight is 259 g/mol. The van der Waals surface area contributed by atoms with E-state index >= 15 is 0 Å². The van der Waals surface area contributed by atoms with Crippen LogP contribution < -0.4 is 5.32 Å². The summed E-state index contributed by atoms with van der Waals surface area (Å²) in [6.45, 7) is 4.00. The first kappa shape index (κ1) is 15.9. The number of aliphatic hydroxyl groups is 2. The first-order chi connectivity index (χ1) is 8.75. The van der Waals surface area contributed by atoms with Gasteiger partial charge in [-0.05, 0) is 6.42 Å². The van der Waals surface area contributed by atoms with Crippen LogP contribution in [0.5, 0.6) is 0 Å². The molecule has 4 nitrogen and oxygen atoms in total. The normalized spacial score (nSPS) is 28.5. The number of β-amino-alcohol motifs (C(OH)–C–C–N with tert-alkyl or cyclic N) is 1. The molecule has 0 aromatic carbocycles. The lowest BCUT2D eigenvalue weighted by Crippen LogP contribution is -2.54. The Morgan fingerprint density at radius 1 is 1.00 bits per heavy atom. The smallest absolute Gasteiger partial charge is 0.108 e. The molecule has 0 radical (unpaired) electrons. The van der Waals surface area contributed by atoms with Gasteiger partial charge in [0.05, 0.1) is 12.2 Å². The molecule has 0 aromatic rings. The van der Waals surface area contributed by atoms with Crippen LogP contribution in [-0.2, 0) is 4.74 Å². The highest BCUT2D eigenvalue weighted by Gasteiger charge is 2.30. The topological polar surface area (TPSA) is 61.7 Å². The van der Waals surface area contributed by atoms with Crippen molar-refractivity contribution in [3.63, 3.8) is 0 Å². The summed E-state index contributed by atoms with van der Waals surface area (Å²) in [4.78, 5) is 0. The quantitative estimate of drug-likeness (QED) is 0.548. The van der Waals surface area contributed by atoms with Gasteiger partial charge in [0.15, 0.2) is 0 Å². The van der Waals surface area contributed by atoms with Gasteiger partial charge >= 0.3 is 0 Å². The molecule has 0 bridgehead atoms. The van der Waals surface area contributed by atoms with Crippen molar-refractivity contribution in [3.8, 4) is 0 Å². The number of piperidine rings is 1. The lowest BCUT2D eigenvalue weighted by Gasteiger charge is -2.32. The van der Waals surface area contributed by atoms with E-state index in [9.17, 15) is 10.2 Å². The number of hydrogen-bond acceptors (Lipinski definition) is 4. The van der Waals surface area contributed by atoms with Gasteiger partial charge in [0.1, 0.15) is 6.10 Å². The van der Waals surface area contributed by atoms with Crippen molar-refractivity contribution in [2.75, 3.05) is 19.7 Å². The lowest BCUT2D eigenvalue weighted by molar-refractivity contribution is -0.104. The van der Waals surface area contributed by atoms with Gasteiger partial charge < -0.3 is 20.3 Å². The Kier molecular flexibility index (Phi) is 8.59. The zero-order valence-corrected chi connectivity index (χ0v) is 11.6. The molecule has 3 atom stereocenters. The summed E-state index contributed by atoms with van der Waals surface area (Å²) in [6, 6.07) is 0. The first-order valence-electron chi connectivity index (χ1n) is 7.44. The van der Waals surface area contributed by atoms with Gasteiger partial charge in [-0.15, -0.1) is 0 Å². The number of aliphatic hydroxyl groups excluding tert-OH is 2. The van der Waals surface area contributed by atoms with Crippen molar-refractivity contribution < 1.29 is 14.9 Å². The van der Waals surface area contributed by atoms with E-state index in [0.29, 0.717) is 19.7 Å². The van der Waals surface area contributed by atoms with Gasteiger partial charge in [0, 0.05) is 19.7 Å². The third-order valence-corrected chi connectivity index (χ3v) is 3.55. The predicted molar refractivity (Wildman–Crippen MR) is 72.6 cm³/mol. The summed E-state index contributed by atoms with van der Waals surface area (Å²) >= 11 is 0. The van der Waals surface area contributed by atoms with Crippen molar-refractivity contribution in [1.82, 2.24) is 5.32 Å². The molecular weight excluding hydrogens is 230 g/mol. The standard InChI is InChI=1S/C14H29NO3/c1-2-3-4-5-6-7-8-9-18-13-11-15-10-12(16)14(13)17/h12-17H,2-11H2,1H3/t12-,13+,14+/m1/s1. The van der Waals surface area contributed by atoms with E-state index in [1.165, 1.54) is 38.5 Å². The highest BCUT2D eigenvalue weighted by molar-refractivity contribution is 4.85.